The van der Waals surface area contributed by atoms with Crippen LogP contribution in [0.2, 0.25) is 0 Å². The van der Waals surface area contributed by atoms with E-state index in [1.54, 1.807) is 0 Å². The molecule has 2 unspecified atom stereocenters. The molecule has 1 heteroatoms. The van der Waals surface area contributed by atoms with Crippen LogP contribution in [0.5, 0.6) is 0 Å². The zero-order chi connectivity index (χ0) is 11.9. The van der Waals surface area contributed by atoms with Gasteiger partial charge in [-0.15, -0.1) is 0 Å². The molecule has 0 radical (unpaired) electrons. The summed E-state index contributed by atoms with van der Waals surface area (Å²) in [5.41, 5.74) is 2.87. The third-order valence-electron chi connectivity index (χ3n) is 4.73. The van der Waals surface area contributed by atoms with Crippen molar-refractivity contribution < 1.29 is 4.74 Å². The number of aryl methyl sites for hydroxylation is 1. The van der Waals surface area contributed by atoms with Gasteiger partial charge in [0.2, 0.25) is 0 Å². The summed E-state index contributed by atoms with van der Waals surface area (Å²) in [5.74, 6) is 1.24. The monoisotopic (exact) mass is 228 g/mol. The topological polar surface area (TPSA) is 9.23 Å². The van der Waals surface area contributed by atoms with Crippen molar-refractivity contribution in [1.29, 1.82) is 0 Å². The van der Waals surface area contributed by atoms with Crippen LogP contribution in [0, 0.1) is 18.8 Å². The van der Waals surface area contributed by atoms with Gasteiger partial charge >= 0.3 is 0 Å². The van der Waals surface area contributed by atoms with Crippen molar-refractivity contribution in [2.24, 2.45) is 11.8 Å². The molecular weight excluding hydrogens is 208 g/mol. The van der Waals surface area contributed by atoms with E-state index in [1.807, 2.05) is 7.11 Å². The first kappa shape index (κ1) is 11.0. The lowest BCUT2D eigenvalue weighted by molar-refractivity contribution is -0.0412. The normalized spacial score (nSPS) is 34.5. The summed E-state index contributed by atoms with van der Waals surface area (Å²) < 4.78 is 5.98. The average Bonchev–Trinajstić information content (AvgIpc) is 2.87. The van der Waals surface area contributed by atoms with Crippen LogP contribution in [0.3, 0.4) is 0 Å². The van der Waals surface area contributed by atoms with Crippen LogP contribution in [-0.2, 0) is 11.2 Å². The molecule has 0 amide bonds. The standard InChI is InChI=1S/C16H20O/c1-12-5-3-4-6-13(12)11-16(17-2)14-7-8-15(16)10-9-14/h3-8,14-15H,9-11H2,1-2H3. The number of methoxy groups -OCH3 is 1. The summed E-state index contributed by atoms with van der Waals surface area (Å²) in [6.45, 7) is 2.20. The maximum atomic E-state index is 5.98. The Bertz CT molecular complexity index is 433. The van der Waals surface area contributed by atoms with Gasteiger partial charge < -0.3 is 4.74 Å². The van der Waals surface area contributed by atoms with E-state index >= 15 is 0 Å². The van der Waals surface area contributed by atoms with Gasteiger partial charge in [0.15, 0.2) is 0 Å². The Hall–Kier alpha value is -1.08. The van der Waals surface area contributed by atoms with Crippen molar-refractivity contribution in [1.82, 2.24) is 0 Å². The first-order valence-electron chi connectivity index (χ1n) is 6.54. The number of hydrogen-bond donors (Lipinski definition) is 0. The number of benzene rings is 1. The average molecular weight is 228 g/mol. The molecule has 0 aliphatic heterocycles. The quantitative estimate of drug-likeness (QED) is 0.719. The summed E-state index contributed by atoms with van der Waals surface area (Å²) in [6, 6.07) is 8.69. The summed E-state index contributed by atoms with van der Waals surface area (Å²) in [5, 5.41) is 0. The highest BCUT2D eigenvalue weighted by Gasteiger charge is 2.51. The number of rotatable bonds is 3. The molecule has 0 N–H and O–H groups in total. The number of ether oxygens (including phenoxy) is 1. The molecule has 1 aromatic rings. The van der Waals surface area contributed by atoms with Crippen LogP contribution in [0.1, 0.15) is 24.0 Å². The Morgan fingerprint density at radius 3 is 2.35 bits per heavy atom. The van der Waals surface area contributed by atoms with Gasteiger partial charge in [0.1, 0.15) is 0 Å². The maximum absolute atomic E-state index is 5.98. The van der Waals surface area contributed by atoms with E-state index in [0.29, 0.717) is 11.8 Å². The van der Waals surface area contributed by atoms with Gasteiger partial charge in [-0.2, -0.15) is 0 Å². The smallest absolute Gasteiger partial charge is 0.0843 e. The molecule has 90 valence electrons. The molecule has 1 saturated carbocycles. The van der Waals surface area contributed by atoms with E-state index in [-0.39, 0.29) is 5.60 Å². The van der Waals surface area contributed by atoms with Gasteiger partial charge in [-0.25, -0.2) is 0 Å². The van der Waals surface area contributed by atoms with Crippen LogP contribution in [0.4, 0.5) is 0 Å². The van der Waals surface area contributed by atoms with Gasteiger partial charge in [-0.3, -0.25) is 0 Å². The first-order chi connectivity index (χ1) is 8.26. The molecule has 1 nitrogen and oxygen atoms in total. The van der Waals surface area contributed by atoms with Crippen molar-refractivity contribution in [3.05, 3.63) is 47.5 Å². The van der Waals surface area contributed by atoms with E-state index in [0.717, 1.165) is 6.42 Å². The number of hydrogen-bond acceptors (Lipinski definition) is 1. The number of fused-ring (bicyclic) bond motifs is 2. The van der Waals surface area contributed by atoms with Crippen molar-refractivity contribution >= 4 is 0 Å². The zero-order valence-corrected chi connectivity index (χ0v) is 10.6. The second-order valence-corrected chi connectivity index (χ2v) is 5.44. The van der Waals surface area contributed by atoms with Crippen LogP contribution < -0.4 is 0 Å². The fraction of sp³-hybridized carbons (Fsp3) is 0.500. The van der Waals surface area contributed by atoms with Gasteiger partial charge in [0.05, 0.1) is 5.60 Å². The Balaban J connectivity index is 1.92. The molecule has 1 fully saturated rings. The highest BCUT2D eigenvalue weighted by atomic mass is 16.5. The van der Waals surface area contributed by atoms with Crippen molar-refractivity contribution in [3.8, 4) is 0 Å². The molecule has 1 aromatic carbocycles. The summed E-state index contributed by atoms with van der Waals surface area (Å²) in [7, 11) is 1.89. The predicted octanol–water partition coefficient (Wildman–Crippen LogP) is 3.52. The van der Waals surface area contributed by atoms with Gasteiger partial charge in [0, 0.05) is 25.4 Å². The molecule has 2 aliphatic carbocycles. The minimum absolute atomic E-state index is 0.0477. The molecule has 0 heterocycles. The third-order valence-corrected chi connectivity index (χ3v) is 4.73. The van der Waals surface area contributed by atoms with Crippen LogP contribution >= 0.6 is 0 Å². The lowest BCUT2D eigenvalue weighted by Gasteiger charge is -2.34. The largest absolute Gasteiger partial charge is 0.377 e. The summed E-state index contributed by atoms with van der Waals surface area (Å²) in [6.07, 6.45) is 8.38. The summed E-state index contributed by atoms with van der Waals surface area (Å²) >= 11 is 0. The van der Waals surface area contributed by atoms with Crippen LogP contribution in [0.15, 0.2) is 36.4 Å². The van der Waals surface area contributed by atoms with E-state index in [2.05, 4.69) is 43.3 Å². The highest BCUT2D eigenvalue weighted by Crippen LogP contribution is 2.51. The van der Waals surface area contributed by atoms with E-state index < -0.39 is 0 Å². The SMILES string of the molecule is COC1(Cc2ccccc2C)C2C=CC1CC2. The molecule has 0 spiro atoms. The van der Waals surface area contributed by atoms with Gasteiger partial charge in [-0.05, 0) is 30.9 Å². The summed E-state index contributed by atoms with van der Waals surface area (Å²) in [4.78, 5) is 0. The Labute approximate surface area is 103 Å². The van der Waals surface area contributed by atoms with Crippen molar-refractivity contribution in [3.63, 3.8) is 0 Å². The van der Waals surface area contributed by atoms with Crippen LogP contribution in [-0.4, -0.2) is 12.7 Å². The molecule has 2 aliphatic rings. The minimum atomic E-state index is 0.0477. The second kappa shape index (κ2) is 3.99. The van der Waals surface area contributed by atoms with Crippen molar-refractivity contribution in [2.45, 2.75) is 31.8 Å². The molecule has 0 aromatic heterocycles. The Kier molecular flexibility index (Phi) is 2.59. The molecule has 17 heavy (non-hydrogen) atoms. The molecule has 2 bridgehead atoms. The fourth-order valence-corrected chi connectivity index (χ4v) is 3.65. The molecule has 3 rings (SSSR count). The van der Waals surface area contributed by atoms with Crippen molar-refractivity contribution in [2.75, 3.05) is 7.11 Å². The maximum Gasteiger partial charge on any atom is 0.0843 e. The zero-order valence-electron chi connectivity index (χ0n) is 10.6. The lowest BCUT2D eigenvalue weighted by atomic mass is 9.82. The second-order valence-electron chi connectivity index (χ2n) is 5.44. The molecule has 0 saturated heterocycles. The third kappa shape index (κ3) is 1.56. The van der Waals surface area contributed by atoms with E-state index in [4.69, 9.17) is 4.74 Å². The van der Waals surface area contributed by atoms with Gasteiger partial charge in [-0.1, -0.05) is 36.4 Å². The minimum Gasteiger partial charge on any atom is -0.377 e. The lowest BCUT2D eigenvalue weighted by Crippen LogP contribution is -2.40. The van der Waals surface area contributed by atoms with E-state index in [9.17, 15) is 0 Å². The predicted molar refractivity (Wildman–Crippen MR) is 70.0 cm³/mol. The molecular formula is C16H20O. The highest BCUT2D eigenvalue weighted by molar-refractivity contribution is 5.31. The Morgan fingerprint density at radius 1 is 1.18 bits per heavy atom. The molecule has 2 atom stereocenters. The van der Waals surface area contributed by atoms with E-state index in [1.165, 1.54) is 24.0 Å². The fourth-order valence-electron chi connectivity index (χ4n) is 3.65. The van der Waals surface area contributed by atoms with Crippen LogP contribution in [0.25, 0.3) is 0 Å². The Morgan fingerprint density at radius 2 is 1.82 bits per heavy atom. The van der Waals surface area contributed by atoms with Gasteiger partial charge in [0.25, 0.3) is 0 Å². The first-order valence-corrected chi connectivity index (χ1v) is 6.54.